The standard InChI is InChI=1S/C13H16N2O2/c16-10-3-4-13-11(7-10)12(15-17-13)6-9-2-1-5-14-8-9/h3-4,7,9,14,16H,1-2,5-6,8H2. The molecule has 1 unspecified atom stereocenters. The summed E-state index contributed by atoms with van der Waals surface area (Å²) in [6, 6.07) is 5.12. The molecule has 1 saturated heterocycles. The lowest BCUT2D eigenvalue weighted by Crippen LogP contribution is -2.30. The predicted octanol–water partition coefficient (Wildman–Crippen LogP) is 2.08. The maximum Gasteiger partial charge on any atom is 0.167 e. The molecular weight excluding hydrogens is 216 g/mol. The molecule has 17 heavy (non-hydrogen) atoms. The fraction of sp³-hybridized carbons (Fsp3) is 0.462. The minimum absolute atomic E-state index is 0.267. The smallest absolute Gasteiger partial charge is 0.167 e. The largest absolute Gasteiger partial charge is 0.508 e. The average molecular weight is 232 g/mol. The van der Waals surface area contributed by atoms with Crippen LogP contribution in [0.2, 0.25) is 0 Å². The minimum atomic E-state index is 0.267. The molecule has 2 heterocycles. The van der Waals surface area contributed by atoms with Crippen molar-refractivity contribution in [3.8, 4) is 5.75 Å². The molecule has 1 fully saturated rings. The van der Waals surface area contributed by atoms with Crippen molar-refractivity contribution in [2.75, 3.05) is 13.1 Å². The van der Waals surface area contributed by atoms with E-state index in [4.69, 9.17) is 4.52 Å². The van der Waals surface area contributed by atoms with E-state index in [0.29, 0.717) is 5.92 Å². The molecule has 1 aliphatic rings. The highest BCUT2D eigenvalue weighted by Gasteiger charge is 2.17. The maximum absolute atomic E-state index is 9.50. The Morgan fingerprint density at radius 3 is 3.24 bits per heavy atom. The lowest BCUT2D eigenvalue weighted by Gasteiger charge is -2.21. The number of phenols is 1. The van der Waals surface area contributed by atoms with Crippen LogP contribution in [0.15, 0.2) is 22.7 Å². The number of phenolic OH excluding ortho intramolecular Hbond substituents is 1. The van der Waals surface area contributed by atoms with E-state index in [1.807, 2.05) is 0 Å². The molecule has 0 aliphatic carbocycles. The molecule has 2 aromatic rings. The van der Waals surface area contributed by atoms with Gasteiger partial charge in [0.2, 0.25) is 0 Å². The Bertz CT molecular complexity index is 515. The lowest BCUT2D eigenvalue weighted by atomic mass is 9.94. The fourth-order valence-electron chi connectivity index (χ4n) is 2.50. The Morgan fingerprint density at radius 2 is 2.41 bits per heavy atom. The number of nitrogens with one attached hydrogen (secondary N) is 1. The van der Waals surface area contributed by atoms with E-state index < -0.39 is 0 Å². The molecule has 4 heteroatoms. The summed E-state index contributed by atoms with van der Waals surface area (Å²) in [6.07, 6.45) is 3.38. The third-order valence-corrected chi connectivity index (χ3v) is 3.41. The van der Waals surface area contributed by atoms with Gasteiger partial charge < -0.3 is 14.9 Å². The molecule has 0 spiro atoms. The first-order chi connectivity index (χ1) is 8.33. The summed E-state index contributed by atoms with van der Waals surface area (Å²) in [6.45, 7) is 2.17. The molecule has 1 aromatic heterocycles. The van der Waals surface area contributed by atoms with Gasteiger partial charge in [-0.05, 0) is 56.5 Å². The SMILES string of the molecule is Oc1ccc2onc(CC3CCCNC3)c2c1. The second-order valence-corrected chi connectivity index (χ2v) is 4.73. The molecule has 1 atom stereocenters. The van der Waals surface area contributed by atoms with E-state index in [9.17, 15) is 5.11 Å². The molecule has 90 valence electrons. The number of aromatic nitrogens is 1. The zero-order chi connectivity index (χ0) is 11.7. The number of hydrogen-bond donors (Lipinski definition) is 2. The van der Waals surface area contributed by atoms with Crippen LogP contribution in [0.5, 0.6) is 5.75 Å². The highest BCUT2D eigenvalue weighted by atomic mass is 16.5. The van der Waals surface area contributed by atoms with Crippen LogP contribution in [0.3, 0.4) is 0 Å². The number of fused-ring (bicyclic) bond motifs is 1. The van der Waals surface area contributed by atoms with Gasteiger partial charge in [-0.1, -0.05) is 5.16 Å². The van der Waals surface area contributed by atoms with E-state index in [0.717, 1.165) is 36.2 Å². The molecule has 1 aliphatic heterocycles. The van der Waals surface area contributed by atoms with Gasteiger partial charge in [0.15, 0.2) is 5.58 Å². The highest BCUT2D eigenvalue weighted by molar-refractivity contribution is 5.80. The summed E-state index contributed by atoms with van der Waals surface area (Å²) >= 11 is 0. The molecule has 0 saturated carbocycles. The van der Waals surface area contributed by atoms with Crippen LogP contribution in [0.1, 0.15) is 18.5 Å². The Labute approximate surface area is 99.6 Å². The normalized spacial score (nSPS) is 20.8. The number of aromatic hydroxyl groups is 1. The molecule has 0 amide bonds. The minimum Gasteiger partial charge on any atom is -0.508 e. The van der Waals surface area contributed by atoms with Crippen LogP contribution >= 0.6 is 0 Å². The molecular formula is C13H16N2O2. The highest BCUT2D eigenvalue weighted by Crippen LogP contribution is 2.26. The summed E-state index contributed by atoms with van der Waals surface area (Å²) in [5.41, 5.74) is 1.71. The van der Waals surface area contributed by atoms with Gasteiger partial charge in [0, 0.05) is 5.39 Å². The van der Waals surface area contributed by atoms with Gasteiger partial charge >= 0.3 is 0 Å². The van der Waals surface area contributed by atoms with Gasteiger partial charge in [-0.2, -0.15) is 0 Å². The number of benzene rings is 1. The third kappa shape index (κ3) is 2.13. The number of rotatable bonds is 2. The van der Waals surface area contributed by atoms with Crippen molar-refractivity contribution in [3.05, 3.63) is 23.9 Å². The van der Waals surface area contributed by atoms with Gasteiger partial charge in [0.05, 0.1) is 5.69 Å². The predicted molar refractivity (Wildman–Crippen MR) is 65.0 cm³/mol. The van der Waals surface area contributed by atoms with Crippen molar-refractivity contribution in [1.82, 2.24) is 10.5 Å². The lowest BCUT2D eigenvalue weighted by molar-refractivity contribution is 0.363. The van der Waals surface area contributed by atoms with Gasteiger partial charge in [-0.15, -0.1) is 0 Å². The summed E-state index contributed by atoms with van der Waals surface area (Å²) < 4.78 is 5.26. The summed E-state index contributed by atoms with van der Waals surface area (Å²) in [4.78, 5) is 0. The van der Waals surface area contributed by atoms with Crippen LogP contribution in [-0.4, -0.2) is 23.4 Å². The number of nitrogens with zero attached hydrogens (tertiary/aromatic N) is 1. The first-order valence-electron chi connectivity index (χ1n) is 6.11. The molecule has 4 nitrogen and oxygen atoms in total. The Hall–Kier alpha value is -1.55. The second-order valence-electron chi connectivity index (χ2n) is 4.73. The van der Waals surface area contributed by atoms with Crippen molar-refractivity contribution < 1.29 is 9.63 Å². The van der Waals surface area contributed by atoms with Gasteiger partial charge in [-0.25, -0.2) is 0 Å². The van der Waals surface area contributed by atoms with E-state index in [1.165, 1.54) is 12.8 Å². The zero-order valence-electron chi connectivity index (χ0n) is 9.65. The Morgan fingerprint density at radius 1 is 1.47 bits per heavy atom. The Kier molecular flexibility index (Phi) is 2.73. The summed E-state index contributed by atoms with van der Waals surface area (Å²) in [7, 11) is 0. The van der Waals surface area contributed by atoms with Gasteiger partial charge in [-0.3, -0.25) is 0 Å². The van der Waals surface area contributed by atoms with Crippen LogP contribution in [0.4, 0.5) is 0 Å². The number of hydrogen-bond acceptors (Lipinski definition) is 4. The quantitative estimate of drug-likeness (QED) is 0.832. The van der Waals surface area contributed by atoms with Crippen molar-refractivity contribution >= 4 is 11.0 Å². The van der Waals surface area contributed by atoms with Crippen molar-refractivity contribution in [2.45, 2.75) is 19.3 Å². The first-order valence-corrected chi connectivity index (χ1v) is 6.11. The zero-order valence-corrected chi connectivity index (χ0v) is 9.65. The monoisotopic (exact) mass is 232 g/mol. The van der Waals surface area contributed by atoms with E-state index in [1.54, 1.807) is 18.2 Å². The van der Waals surface area contributed by atoms with Gasteiger partial charge in [0.25, 0.3) is 0 Å². The summed E-state index contributed by atoms with van der Waals surface area (Å²) in [5, 5.41) is 18.0. The van der Waals surface area contributed by atoms with Crippen LogP contribution in [0.25, 0.3) is 11.0 Å². The molecule has 3 rings (SSSR count). The molecule has 0 radical (unpaired) electrons. The summed E-state index contributed by atoms with van der Waals surface area (Å²) in [5.74, 6) is 0.892. The van der Waals surface area contributed by atoms with Crippen LogP contribution in [0, 0.1) is 5.92 Å². The van der Waals surface area contributed by atoms with Crippen molar-refractivity contribution in [1.29, 1.82) is 0 Å². The first kappa shape index (κ1) is 10.6. The Balaban J connectivity index is 1.86. The van der Waals surface area contributed by atoms with Crippen molar-refractivity contribution in [2.24, 2.45) is 5.92 Å². The second kappa shape index (κ2) is 4.37. The van der Waals surface area contributed by atoms with Gasteiger partial charge in [0.1, 0.15) is 5.75 Å². The van der Waals surface area contributed by atoms with E-state index in [2.05, 4.69) is 10.5 Å². The topological polar surface area (TPSA) is 58.3 Å². The van der Waals surface area contributed by atoms with E-state index in [-0.39, 0.29) is 5.75 Å². The molecule has 2 N–H and O–H groups in total. The van der Waals surface area contributed by atoms with E-state index >= 15 is 0 Å². The number of piperidine rings is 1. The average Bonchev–Trinajstić information content (AvgIpc) is 2.73. The third-order valence-electron chi connectivity index (χ3n) is 3.41. The maximum atomic E-state index is 9.50. The molecule has 1 aromatic carbocycles. The molecule has 0 bridgehead atoms. The van der Waals surface area contributed by atoms with Crippen LogP contribution in [-0.2, 0) is 6.42 Å². The van der Waals surface area contributed by atoms with Crippen LogP contribution < -0.4 is 5.32 Å². The fourth-order valence-corrected chi connectivity index (χ4v) is 2.50. The van der Waals surface area contributed by atoms with Crippen molar-refractivity contribution in [3.63, 3.8) is 0 Å².